The maximum atomic E-state index is 13.0. The van der Waals surface area contributed by atoms with Crippen molar-refractivity contribution in [3.8, 4) is 6.07 Å². The fourth-order valence-corrected chi connectivity index (χ4v) is 2.16. The van der Waals surface area contributed by atoms with Gasteiger partial charge < -0.3 is 10.0 Å². The zero-order valence-corrected chi connectivity index (χ0v) is 10.1. The number of carbonyl (C=O) groups is 1. The van der Waals surface area contributed by atoms with E-state index >= 15 is 0 Å². The molecule has 1 atom stereocenters. The Morgan fingerprint density at radius 2 is 2.10 bits per heavy atom. The molecule has 1 aliphatic rings. The minimum absolute atomic E-state index is 0.0256. The summed E-state index contributed by atoms with van der Waals surface area (Å²) in [6.07, 6.45) is -2.98. The fraction of sp³-hybridized carbons (Fsp3) is 0.455. The number of anilines is 1. The van der Waals surface area contributed by atoms with Crippen LogP contribution in [0.1, 0.15) is 12.1 Å². The molecule has 6 nitrogen and oxygen atoms in total. The average molecular weight is 286 g/mol. The number of halogens is 3. The van der Waals surface area contributed by atoms with Crippen LogP contribution < -0.4 is 4.90 Å². The number of nitriles is 1. The minimum atomic E-state index is -4.87. The molecule has 2 heterocycles. The molecule has 0 saturated carbocycles. The number of rotatable bonds is 2. The first-order chi connectivity index (χ1) is 9.32. The summed E-state index contributed by atoms with van der Waals surface area (Å²) in [5.41, 5.74) is -2.96. The molecule has 0 aliphatic carbocycles. The van der Waals surface area contributed by atoms with Crippen LogP contribution in [0.2, 0.25) is 0 Å². The van der Waals surface area contributed by atoms with Crippen molar-refractivity contribution in [1.82, 2.24) is 9.97 Å². The van der Waals surface area contributed by atoms with Crippen LogP contribution in [-0.4, -0.2) is 40.3 Å². The van der Waals surface area contributed by atoms with E-state index in [2.05, 4.69) is 9.97 Å². The molecular formula is C11H9F3N4O2. The van der Waals surface area contributed by atoms with Gasteiger partial charge in [0.15, 0.2) is 16.9 Å². The first-order valence-electron chi connectivity index (χ1n) is 5.58. The van der Waals surface area contributed by atoms with Crippen molar-refractivity contribution >= 4 is 11.8 Å². The third-order valence-electron chi connectivity index (χ3n) is 3.31. The number of aromatic nitrogens is 2. The Labute approximate surface area is 111 Å². The highest BCUT2D eigenvalue weighted by molar-refractivity contribution is 5.78. The van der Waals surface area contributed by atoms with E-state index in [1.54, 1.807) is 6.07 Å². The number of carboxylic acids is 1. The number of alkyl halides is 3. The number of nitrogens with zero attached hydrogens (tertiary/aromatic N) is 4. The zero-order chi connectivity index (χ0) is 15.0. The van der Waals surface area contributed by atoms with E-state index in [9.17, 15) is 18.0 Å². The van der Waals surface area contributed by atoms with Crippen LogP contribution >= 0.6 is 0 Å². The Morgan fingerprint density at radius 3 is 2.60 bits per heavy atom. The molecule has 0 radical (unpaired) electrons. The third-order valence-corrected chi connectivity index (χ3v) is 3.31. The van der Waals surface area contributed by atoms with E-state index in [1.165, 1.54) is 12.4 Å². The van der Waals surface area contributed by atoms with Gasteiger partial charge in [0.25, 0.3) is 0 Å². The first-order valence-corrected chi connectivity index (χ1v) is 5.58. The van der Waals surface area contributed by atoms with E-state index < -0.39 is 30.5 Å². The Kier molecular flexibility index (Phi) is 3.25. The summed E-state index contributed by atoms with van der Waals surface area (Å²) < 4.78 is 39.1. The molecule has 0 spiro atoms. The highest BCUT2D eigenvalue weighted by Gasteiger charge is 2.64. The van der Waals surface area contributed by atoms with Crippen LogP contribution in [0.15, 0.2) is 12.4 Å². The van der Waals surface area contributed by atoms with Crippen LogP contribution in [0.3, 0.4) is 0 Å². The second kappa shape index (κ2) is 4.63. The molecule has 0 amide bonds. The minimum Gasteiger partial charge on any atom is -0.481 e. The predicted molar refractivity (Wildman–Crippen MR) is 59.7 cm³/mol. The van der Waals surface area contributed by atoms with Gasteiger partial charge in [-0.25, -0.2) is 9.97 Å². The van der Waals surface area contributed by atoms with Gasteiger partial charge in [0.05, 0.1) is 0 Å². The molecule has 1 N–H and O–H groups in total. The lowest BCUT2D eigenvalue weighted by atomic mass is 9.86. The second-order valence-electron chi connectivity index (χ2n) is 4.40. The summed E-state index contributed by atoms with van der Waals surface area (Å²) in [5.74, 6) is -1.95. The van der Waals surface area contributed by atoms with Crippen molar-refractivity contribution in [2.75, 3.05) is 18.0 Å². The molecule has 1 fully saturated rings. The van der Waals surface area contributed by atoms with E-state index in [-0.39, 0.29) is 18.1 Å². The first kappa shape index (κ1) is 14.0. The smallest absolute Gasteiger partial charge is 0.406 e. The largest absolute Gasteiger partial charge is 0.481 e. The van der Waals surface area contributed by atoms with Crippen molar-refractivity contribution in [3.05, 3.63) is 18.1 Å². The van der Waals surface area contributed by atoms with Gasteiger partial charge in [0.1, 0.15) is 6.07 Å². The number of aliphatic carboxylic acids is 1. The normalized spacial score (nSPS) is 22.6. The molecule has 20 heavy (non-hydrogen) atoms. The van der Waals surface area contributed by atoms with Gasteiger partial charge in [0.2, 0.25) is 0 Å². The summed E-state index contributed by atoms with van der Waals surface area (Å²) in [6, 6.07) is 1.72. The van der Waals surface area contributed by atoms with E-state index in [0.29, 0.717) is 0 Å². The summed E-state index contributed by atoms with van der Waals surface area (Å²) in [4.78, 5) is 19.7. The van der Waals surface area contributed by atoms with Crippen LogP contribution in [0, 0.1) is 16.7 Å². The summed E-state index contributed by atoms with van der Waals surface area (Å²) >= 11 is 0. The van der Waals surface area contributed by atoms with Gasteiger partial charge in [-0.3, -0.25) is 4.79 Å². The van der Waals surface area contributed by atoms with E-state index in [4.69, 9.17) is 10.4 Å². The molecule has 1 aliphatic heterocycles. The van der Waals surface area contributed by atoms with E-state index in [0.717, 1.165) is 4.90 Å². The lowest BCUT2D eigenvalue weighted by Gasteiger charge is -2.27. The SMILES string of the molecule is N#Cc1nccnc1N1CCC(C(=O)O)(C(F)(F)F)C1. The van der Waals surface area contributed by atoms with Crippen LogP contribution in [0.4, 0.5) is 19.0 Å². The lowest BCUT2D eigenvalue weighted by molar-refractivity contribution is -0.225. The monoisotopic (exact) mass is 286 g/mol. The maximum absolute atomic E-state index is 13.0. The van der Waals surface area contributed by atoms with Crippen LogP contribution in [-0.2, 0) is 4.79 Å². The molecule has 1 saturated heterocycles. The lowest BCUT2D eigenvalue weighted by Crippen LogP contribution is -2.47. The Bertz CT molecular complexity index is 584. The maximum Gasteiger partial charge on any atom is 0.406 e. The molecule has 1 unspecified atom stereocenters. The molecule has 0 bridgehead atoms. The summed E-state index contributed by atoms with van der Waals surface area (Å²) in [5, 5.41) is 17.8. The van der Waals surface area contributed by atoms with E-state index in [1.807, 2.05) is 0 Å². The molecule has 0 aromatic carbocycles. The second-order valence-corrected chi connectivity index (χ2v) is 4.40. The van der Waals surface area contributed by atoms with Gasteiger partial charge >= 0.3 is 12.1 Å². The van der Waals surface area contributed by atoms with Crippen molar-refractivity contribution < 1.29 is 23.1 Å². The number of hydrogen-bond donors (Lipinski definition) is 1. The van der Waals surface area contributed by atoms with Gasteiger partial charge in [0, 0.05) is 25.5 Å². The van der Waals surface area contributed by atoms with Crippen molar-refractivity contribution in [2.45, 2.75) is 12.6 Å². The van der Waals surface area contributed by atoms with Crippen molar-refractivity contribution in [3.63, 3.8) is 0 Å². The molecule has 2 rings (SSSR count). The standard InChI is InChI=1S/C11H9F3N4O2/c12-11(13,14)10(9(19)20)1-4-18(6-10)8-7(5-15)16-2-3-17-8/h2-3H,1,4,6H2,(H,19,20). The van der Waals surface area contributed by atoms with Gasteiger partial charge in [-0.2, -0.15) is 18.4 Å². The Hall–Kier alpha value is -2.37. The predicted octanol–water partition coefficient (Wildman–Crippen LogP) is 1.19. The molecule has 1 aromatic heterocycles. The quantitative estimate of drug-likeness (QED) is 0.878. The zero-order valence-electron chi connectivity index (χ0n) is 10.1. The molecule has 1 aromatic rings. The highest BCUT2D eigenvalue weighted by Crippen LogP contribution is 2.46. The number of hydrogen-bond acceptors (Lipinski definition) is 5. The van der Waals surface area contributed by atoms with Crippen LogP contribution in [0.25, 0.3) is 0 Å². The van der Waals surface area contributed by atoms with Crippen LogP contribution in [0.5, 0.6) is 0 Å². The molecule has 9 heteroatoms. The highest BCUT2D eigenvalue weighted by atomic mass is 19.4. The van der Waals surface area contributed by atoms with Gasteiger partial charge in [-0.1, -0.05) is 0 Å². The number of carboxylic acid groups (broad SMARTS) is 1. The Morgan fingerprint density at radius 1 is 1.45 bits per heavy atom. The third kappa shape index (κ3) is 2.03. The fourth-order valence-electron chi connectivity index (χ4n) is 2.16. The molecular weight excluding hydrogens is 277 g/mol. The summed E-state index contributed by atoms with van der Waals surface area (Å²) in [7, 11) is 0. The average Bonchev–Trinajstić information content (AvgIpc) is 2.84. The topological polar surface area (TPSA) is 90.1 Å². The summed E-state index contributed by atoms with van der Waals surface area (Å²) in [6.45, 7) is -0.932. The van der Waals surface area contributed by atoms with Crippen molar-refractivity contribution in [1.29, 1.82) is 5.26 Å². The van der Waals surface area contributed by atoms with Gasteiger partial charge in [-0.05, 0) is 6.42 Å². The Balaban J connectivity index is 2.37. The van der Waals surface area contributed by atoms with Gasteiger partial charge in [-0.15, -0.1) is 0 Å². The van der Waals surface area contributed by atoms with Crippen molar-refractivity contribution in [2.24, 2.45) is 5.41 Å². The molecule has 106 valence electrons.